The van der Waals surface area contributed by atoms with Crippen LogP contribution in [0.4, 0.5) is 5.82 Å². The van der Waals surface area contributed by atoms with Crippen LogP contribution in [-0.4, -0.2) is 28.0 Å². The van der Waals surface area contributed by atoms with E-state index < -0.39 is 5.97 Å². The standard InChI is InChI=1S/C14H20N2O3/c1-4-5-6-13(17)16(10(2)3)12-8-7-11(9-15-12)14(18)19/h7-10H,4-6H2,1-3H3,(H,18,19). The molecule has 5 heteroatoms. The Morgan fingerprint density at radius 3 is 2.47 bits per heavy atom. The Balaban J connectivity index is 2.93. The molecule has 0 spiro atoms. The van der Waals surface area contributed by atoms with Gasteiger partial charge in [-0.2, -0.15) is 0 Å². The number of hydrogen-bond donors (Lipinski definition) is 1. The van der Waals surface area contributed by atoms with Crippen LogP contribution < -0.4 is 4.90 Å². The largest absolute Gasteiger partial charge is 0.478 e. The lowest BCUT2D eigenvalue weighted by atomic mass is 10.2. The molecule has 1 rings (SSSR count). The van der Waals surface area contributed by atoms with Crippen LogP contribution in [0.25, 0.3) is 0 Å². The molecule has 1 heterocycles. The zero-order chi connectivity index (χ0) is 14.4. The molecule has 1 aromatic rings. The minimum absolute atomic E-state index is 0.00691. The first kappa shape index (κ1) is 15.1. The fourth-order valence-corrected chi connectivity index (χ4v) is 1.78. The molecule has 0 saturated carbocycles. The Hall–Kier alpha value is -1.91. The molecule has 0 aliphatic rings. The third-order valence-corrected chi connectivity index (χ3v) is 2.77. The summed E-state index contributed by atoms with van der Waals surface area (Å²) in [5.41, 5.74) is 0.119. The maximum absolute atomic E-state index is 12.1. The van der Waals surface area contributed by atoms with Crippen molar-refractivity contribution in [2.45, 2.75) is 46.1 Å². The fourth-order valence-electron chi connectivity index (χ4n) is 1.78. The van der Waals surface area contributed by atoms with Crippen LogP contribution >= 0.6 is 0 Å². The number of hydrogen-bond acceptors (Lipinski definition) is 3. The van der Waals surface area contributed by atoms with Crippen molar-refractivity contribution in [1.82, 2.24) is 4.98 Å². The highest BCUT2D eigenvalue weighted by Crippen LogP contribution is 2.17. The van der Waals surface area contributed by atoms with E-state index in [2.05, 4.69) is 4.98 Å². The van der Waals surface area contributed by atoms with Gasteiger partial charge in [-0.25, -0.2) is 9.78 Å². The summed E-state index contributed by atoms with van der Waals surface area (Å²) >= 11 is 0. The molecule has 0 fully saturated rings. The fraction of sp³-hybridized carbons (Fsp3) is 0.500. The number of anilines is 1. The summed E-state index contributed by atoms with van der Waals surface area (Å²) in [7, 11) is 0. The number of amides is 1. The third kappa shape index (κ3) is 4.05. The normalized spacial score (nSPS) is 10.5. The monoisotopic (exact) mass is 264 g/mol. The Labute approximate surface area is 113 Å². The number of aromatic carboxylic acids is 1. The first-order chi connectivity index (χ1) is 8.97. The molecule has 0 aliphatic heterocycles. The maximum atomic E-state index is 12.1. The summed E-state index contributed by atoms with van der Waals surface area (Å²) in [6.45, 7) is 5.86. The van der Waals surface area contributed by atoms with E-state index in [-0.39, 0.29) is 17.5 Å². The molecule has 104 valence electrons. The summed E-state index contributed by atoms with van der Waals surface area (Å²) < 4.78 is 0. The Bertz CT molecular complexity index is 441. The number of carboxylic acids is 1. The van der Waals surface area contributed by atoms with Gasteiger partial charge in [0.1, 0.15) is 5.82 Å². The minimum atomic E-state index is -1.02. The Morgan fingerprint density at radius 1 is 1.37 bits per heavy atom. The van der Waals surface area contributed by atoms with Gasteiger partial charge < -0.3 is 5.11 Å². The number of carbonyl (C=O) groups is 2. The lowest BCUT2D eigenvalue weighted by Gasteiger charge is -2.25. The van der Waals surface area contributed by atoms with Crippen molar-refractivity contribution in [3.8, 4) is 0 Å². The van der Waals surface area contributed by atoms with Crippen molar-refractivity contribution in [3.63, 3.8) is 0 Å². The van der Waals surface area contributed by atoms with Crippen molar-refractivity contribution in [2.24, 2.45) is 0 Å². The van der Waals surface area contributed by atoms with E-state index >= 15 is 0 Å². The van der Waals surface area contributed by atoms with Crippen molar-refractivity contribution >= 4 is 17.7 Å². The molecule has 19 heavy (non-hydrogen) atoms. The van der Waals surface area contributed by atoms with Gasteiger partial charge in [-0.05, 0) is 32.4 Å². The molecule has 0 radical (unpaired) electrons. The first-order valence-electron chi connectivity index (χ1n) is 6.48. The highest BCUT2D eigenvalue weighted by atomic mass is 16.4. The van der Waals surface area contributed by atoms with Gasteiger partial charge in [0.15, 0.2) is 0 Å². The van der Waals surface area contributed by atoms with E-state index in [4.69, 9.17) is 5.11 Å². The van der Waals surface area contributed by atoms with Gasteiger partial charge in [0.25, 0.3) is 0 Å². The molecule has 0 aromatic carbocycles. The summed E-state index contributed by atoms with van der Waals surface area (Å²) in [6, 6.07) is 3.04. The molecule has 0 unspecified atom stereocenters. The van der Waals surface area contributed by atoms with Gasteiger partial charge in [-0.15, -0.1) is 0 Å². The second kappa shape index (κ2) is 6.87. The van der Waals surface area contributed by atoms with Gasteiger partial charge >= 0.3 is 5.97 Å². The van der Waals surface area contributed by atoms with Gasteiger partial charge in [0, 0.05) is 18.7 Å². The molecule has 1 aromatic heterocycles. The molecule has 0 saturated heterocycles. The second-order valence-electron chi connectivity index (χ2n) is 4.67. The second-order valence-corrected chi connectivity index (χ2v) is 4.67. The van der Waals surface area contributed by atoms with E-state index in [1.54, 1.807) is 11.0 Å². The number of rotatable bonds is 6. The van der Waals surface area contributed by atoms with Crippen molar-refractivity contribution in [3.05, 3.63) is 23.9 Å². The molecule has 0 atom stereocenters. The van der Waals surface area contributed by atoms with Crippen molar-refractivity contribution < 1.29 is 14.7 Å². The van der Waals surface area contributed by atoms with Crippen molar-refractivity contribution in [2.75, 3.05) is 4.90 Å². The minimum Gasteiger partial charge on any atom is -0.478 e. The van der Waals surface area contributed by atoms with Gasteiger partial charge in [-0.3, -0.25) is 9.69 Å². The topological polar surface area (TPSA) is 70.5 Å². The predicted molar refractivity (Wildman–Crippen MR) is 73.3 cm³/mol. The van der Waals surface area contributed by atoms with Gasteiger partial charge in [-0.1, -0.05) is 13.3 Å². The number of unbranched alkanes of at least 4 members (excludes halogenated alkanes) is 1. The number of carboxylic acid groups (broad SMARTS) is 1. The average molecular weight is 264 g/mol. The van der Waals surface area contributed by atoms with Crippen LogP contribution in [0.15, 0.2) is 18.3 Å². The quantitative estimate of drug-likeness (QED) is 0.857. The van der Waals surface area contributed by atoms with Crippen LogP contribution in [0.1, 0.15) is 50.4 Å². The number of pyridine rings is 1. The summed E-state index contributed by atoms with van der Waals surface area (Å²) in [5.74, 6) is -0.499. The number of carbonyl (C=O) groups excluding carboxylic acids is 1. The highest BCUT2D eigenvalue weighted by molar-refractivity contribution is 5.93. The van der Waals surface area contributed by atoms with Crippen LogP contribution in [0, 0.1) is 0 Å². The summed E-state index contributed by atoms with van der Waals surface area (Å²) in [6.07, 6.45) is 3.56. The van der Waals surface area contributed by atoms with E-state index in [9.17, 15) is 9.59 Å². The number of nitrogens with zero attached hydrogens (tertiary/aromatic N) is 2. The van der Waals surface area contributed by atoms with E-state index in [0.717, 1.165) is 12.8 Å². The van der Waals surface area contributed by atoms with Gasteiger partial charge in [0.2, 0.25) is 5.91 Å². The van der Waals surface area contributed by atoms with E-state index in [1.165, 1.54) is 12.3 Å². The van der Waals surface area contributed by atoms with Crippen LogP contribution in [0.3, 0.4) is 0 Å². The summed E-state index contributed by atoms with van der Waals surface area (Å²) in [4.78, 5) is 28.6. The highest BCUT2D eigenvalue weighted by Gasteiger charge is 2.19. The smallest absolute Gasteiger partial charge is 0.337 e. The predicted octanol–water partition coefficient (Wildman–Crippen LogP) is 2.71. The van der Waals surface area contributed by atoms with Crippen LogP contribution in [0.5, 0.6) is 0 Å². The molecule has 5 nitrogen and oxygen atoms in total. The number of aromatic nitrogens is 1. The average Bonchev–Trinajstić information content (AvgIpc) is 2.36. The van der Waals surface area contributed by atoms with E-state index in [0.29, 0.717) is 12.2 Å². The van der Waals surface area contributed by atoms with Gasteiger partial charge in [0.05, 0.1) is 5.56 Å². The third-order valence-electron chi connectivity index (χ3n) is 2.77. The molecule has 0 aliphatic carbocycles. The lowest BCUT2D eigenvalue weighted by molar-refractivity contribution is -0.119. The SMILES string of the molecule is CCCCC(=O)N(c1ccc(C(=O)O)cn1)C(C)C. The van der Waals surface area contributed by atoms with Crippen LogP contribution in [0.2, 0.25) is 0 Å². The molecule has 1 amide bonds. The summed E-state index contributed by atoms with van der Waals surface area (Å²) in [5, 5.41) is 8.83. The molecular weight excluding hydrogens is 244 g/mol. The van der Waals surface area contributed by atoms with E-state index in [1.807, 2.05) is 20.8 Å². The molecule has 0 bridgehead atoms. The maximum Gasteiger partial charge on any atom is 0.337 e. The Kier molecular flexibility index (Phi) is 5.48. The van der Waals surface area contributed by atoms with Crippen LogP contribution in [-0.2, 0) is 4.79 Å². The lowest BCUT2D eigenvalue weighted by Crippen LogP contribution is -2.37. The Morgan fingerprint density at radius 2 is 2.05 bits per heavy atom. The first-order valence-corrected chi connectivity index (χ1v) is 6.48. The molecular formula is C14H20N2O3. The molecule has 1 N–H and O–H groups in total. The zero-order valence-electron chi connectivity index (χ0n) is 11.6. The zero-order valence-corrected chi connectivity index (χ0v) is 11.6. The van der Waals surface area contributed by atoms with Crippen molar-refractivity contribution in [1.29, 1.82) is 0 Å².